The molecule has 0 spiro atoms. The molecule has 42 heavy (non-hydrogen) atoms. The van der Waals surface area contributed by atoms with Crippen molar-refractivity contribution in [3.05, 3.63) is 52.5 Å². The summed E-state index contributed by atoms with van der Waals surface area (Å²) in [6.07, 6.45) is 1.06. The van der Waals surface area contributed by atoms with Crippen LogP contribution in [0, 0.1) is 5.82 Å². The molecular weight excluding hydrogens is 552 g/mol. The van der Waals surface area contributed by atoms with Crippen LogP contribution in [0.25, 0.3) is 0 Å². The van der Waals surface area contributed by atoms with E-state index in [0.717, 1.165) is 50.2 Å². The van der Waals surface area contributed by atoms with Gasteiger partial charge in [-0.25, -0.2) is 9.37 Å². The first-order valence-electron chi connectivity index (χ1n) is 14.8. The summed E-state index contributed by atoms with van der Waals surface area (Å²) in [5.74, 6) is -1.10. The number of carboxylic acids is 1. The van der Waals surface area contributed by atoms with Crippen molar-refractivity contribution in [3.8, 4) is 5.75 Å². The Morgan fingerprint density at radius 3 is 2.71 bits per heavy atom. The number of methoxy groups -OCH3 is 1. The van der Waals surface area contributed by atoms with Crippen LogP contribution in [0.4, 0.5) is 23.4 Å². The van der Waals surface area contributed by atoms with E-state index in [2.05, 4.69) is 11.4 Å². The lowest BCUT2D eigenvalue weighted by Crippen LogP contribution is -2.44. The second kappa shape index (κ2) is 14.0. The van der Waals surface area contributed by atoms with E-state index in [-0.39, 0.29) is 36.9 Å². The van der Waals surface area contributed by atoms with E-state index in [1.165, 1.54) is 23.6 Å². The number of aryl methyl sites for hydroxylation is 2. The number of unbranched alkanes of at least 4 members (excludes halogenated alkanes) is 2. The molecule has 232 valence electrons. The molecule has 0 saturated carbocycles. The standard InChI is InChI=1S/C31H42F4N4O3/c1-20(2)22-16-25(28(42-3)26(32)17-22)27(30(40)41)38-15-12-24(18-38)39(19-31(33,34)35)14-6-4-5-9-23-11-10-21-8-7-13-36-29(21)37-23/h10-11,16-17,20,24,27H,4-9,12-15,18-19H2,1-3H3,(H,36,37)(H,40,41)/t24-,27?/m1/s1. The van der Waals surface area contributed by atoms with Gasteiger partial charge in [0, 0.05) is 36.9 Å². The van der Waals surface area contributed by atoms with Gasteiger partial charge in [-0.2, -0.15) is 13.2 Å². The quantitative estimate of drug-likeness (QED) is 0.212. The van der Waals surface area contributed by atoms with Crippen LogP contribution in [-0.4, -0.2) is 77.9 Å². The first-order valence-corrected chi connectivity index (χ1v) is 14.8. The smallest absolute Gasteiger partial charge is 0.401 e. The summed E-state index contributed by atoms with van der Waals surface area (Å²) in [6, 6.07) is 5.41. The Morgan fingerprint density at radius 2 is 2.02 bits per heavy atom. The molecule has 2 aliphatic heterocycles. The second-order valence-corrected chi connectivity index (χ2v) is 11.7. The Balaban J connectivity index is 1.40. The minimum atomic E-state index is -4.38. The number of ether oxygens (including phenoxy) is 1. The largest absolute Gasteiger partial charge is 0.493 e. The molecule has 2 aliphatic rings. The number of aliphatic carboxylic acids is 1. The molecular formula is C31H42F4N4O3. The zero-order valence-electron chi connectivity index (χ0n) is 24.6. The van der Waals surface area contributed by atoms with E-state index < -0.39 is 36.6 Å². The van der Waals surface area contributed by atoms with Gasteiger partial charge < -0.3 is 15.2 Å². The van der Waals surface area contributed by atoms with Crippen LogP contribution >= 0.6 is 0 Å². The fourth-order valence-corrected chi connectivity index (χ4v) is 6.10. The van der Waals surface area contributed by atoms with Gasteiger partial charge in [-0.05, 0) is 80.3 Å². The average Bonchev–Trinajstić information content (AvgIpc) is 3.40. The van der Waals surface area contributed by atoms with E-state index >= 15 is 0 Å². The van der Waals surface area contributed by atoms with Gasteiger partial charge in [0.2, 0.25) is 0 Å². The zero-order chi connectivity index (χ0) is 30.4. The first-order chi connectivity index (χ1) is 20.0. The minimum Gasteiger partial charge on any atom is -0.493 e. The number of benzene rings is 1. The number of nitrogens with zero attached hydrogens (tertiary/aromatic N) is 3. The summed E-state index contributed by atoms with van der Waals surface area (Å²) < 4.78 is 60.9. The van der Waals surface area contributed by atoms with Crippen LogP contribution in [0.2, 0.25) is 0 Å². The molecule has 11 heteroatoms. The van der Waals surface area contributed by atoms with Crippen LogP contribution in [0.3, 0.4) is 0 Å². The maximum atomic E-state index is 14.9. The van der Waals surface area contributed by atoms with E-state index in [4.69, 9.17) is 9.72 Å². The van der Waals surface area contributed by atoms with Crippen molar-refractivity contribution in [2.45, 2.75) is 83.0 Å². The van der Waals surface area contributed by atoms with E-state index in [1.807, 2.05) is 19.9 Å². The number of likely N-dealkylation sites (tertiary alicyclic amines) is 1. The third kappa shape index (κ3) is 8.12. The molecule has 0 aliphatic carbocycles. The van der Waals surface area contributed by atoms with Crippen LogP contribution in [0.15, 0.2) is 24.3 Å². The molecule has 7 nitrogen and oxygen atoms in total. The highest BCUT2D eigenvalue weighted by Crippen LogP contribution is 2.37. The molecule has 2 atom stereocenters. The third-order valence-corrected chi connectivity index (χ3v) is 8.28. The van der Waals surface area contributed by atoms with Crippen molar-refractivity contribution in [1.29, 1.82) is 0 Å². The third-order valence-electron chi connectivity index (χ3n) is 8.28. The molecule has 1 saturated heterocycles. The Kier molecular flexibility index (Phi) is 10.7. The molecule has 4 rings (SSSR count). The van der Waals surface area contributed by atoms with Crippen molar-refractivity contribution in [1.82, 2.24) is 14.8 Å². The fourth-order valence-electron chi connectivity index (χ4n) is 6.10. The maximum Gasteiger partial charge on any atom is 0.401 e. The zero-order valence-corrected chi connectivity index (χ0v) is 24.6. The monoisotopic (exact) mass is 594 g/mol. The van der Waals surface area contributed by atoms with Gasteiger partial charge in [0.25, 0.3) is 0 Å². The summed E-state index contributed by atoms with van der Waals surface area (Å²) in [5.41, 5.74) is 3.02. The van der Waals surface area contributed by atoms with Crippen molar-refractivity contribution in [3.63, 3.8) is 0 Å². The molecule has 1 fully saturated rings. The summed E-state index contributed by atoms with van der Waals surface area (Å²) in [6.45, 7) is 4.29. The molecule has 1 aromatic carbocycles. The molecule has 0 bridgehead atoms. The predicted molar refractivity (Wildman–Crippen MR) is 154 cm³/mol. The van der Waals surface area contributed by atoms with Gasteiger partial charge in [0.15, 0.2) is 11.6 Å². The molecule has 0 radical (unpaired) electrons. The van der Waals surface area contributed by atoms with Gasteiger partial charge >= 0.3 is 12.1 Å². The van der Waals surface area contributed by atoms with Gasteiger partial charge in [0.1, 0.15) is 11.9 Å². The number of pyridine rings is 1. The molecule has 0 amide bonds. The summed E-state index contributed by atoms with van der Waals surface area (Å²) >= 11 is 0. The molecule has 1 unspecified atom stereocenters. The lowest BCUT2D eigenvalue weighted by Gasteiger charge is -2.31. The number of rotatable bonds is 13. The van der Waals surface area contributed by atoms with Crippen LogP contribution in [0.1, 0.15) is 80.3 Å². The second-order valence-electron chi connectivity index (χ2n) is 11.7. The van der Waals surface area contributed by atoms with E-state index in [1.54, 1.807) is 11.0 Å². The predicted octanol–water partition coefficient (Wildman–Crippen LogP) is 6.19. The molecule has 3 heterocycles. The number of carbonyl (C=O) groups is 1. The first kappa shape index (κ1) is 32.0. The normalized spacial score (nSPS) is 18.3. The van der Waals surface area contributed by atoms with Gasteiger partial charge in [0.05, 0.1) is 13.7 Å². The topological polar surface area (TPSA) is 77.9 Å². The van der Waals surface area contributed by atoms with Crippen molar-refractivity contribution >= 4 is 11.8 Å². The number of hydrogen-bond acceptors (Lipinski definition) is 6. The number of hydrogen-bond donors (Lipinski definition) is 2. The lowest BCUT2D eigenvalue weighted by atomic mass is 9.95. The van der Waals surface area contributed by atoms with E-state index in [0.29, 0.717) is 18.4 Å². The van der Waals surface area contributed by atoms with Crippen molar-refractivity contribution < 1.29 is 32.2 Å². The molecule has 1 aromatic heterocycles. The molecule has 2 N–H and O–H groups in total. The highest BCUT2D eigenvalue weighted by Gasteiger charge is 2.40. The van der Waals surface area contributed by atoms with E-state index in [9.17, 15) is 27.5 Å². The number of nitrogens with one attached hydrogen (secondary N) is 1. The molecule has 2 aromatic rings. The Hall–Kier alpha value is -2.92. The Labute approximate surface area is 245 Å². The van der Waals surface area contributed by atoms with Crippen LogP contribution in [-0.2, 0) is 17.6 Å². The van der Waals surface area contributed by atoms with Crippen LogP contribution in [0.5, 0.6) is 5.75 Å². The number of anilines is 1. The Bertz CT molecular complexity index is 1220. The van der Waals surface area contributed by atoms with Crippen molar-refractivity contribution in [2.75, 3.05) is 45.2 Å². The number of fused-ring (bicyclic) bond motifs is 1. The van der Waals surface area contributed by atoms with Gasteiger partial charge in [-0.15, -0.1) is 0 Å². The minimum absolute atomic E-state index is 0.0492. The lowest BCUT2D eigenvalue weighted by molar-refractivity contribution is -0.151. The number of halogens is 4. The summed E-state index contributed by atoms with van der Waals surface area (Å²) in [7, 11) is 1.28. The maximum absolute atomic E-state index is 14.9. The number of aromatic nitrogens is 1. The SMILES string of the molecule is COc1c(F)cc(C(C)C)cc1C(C(=O)O)N1CC[C@@H](N(CCCCCc2ccc3c(n2)NCCC3)CC(F)(F)F)C1. The summed E-state index contributed by atoms with van der Waals surface area (Å²) in [5, 5.41) is 13.5. The highest BCUT2D eigenvalue weighted by molar-refractivity contribution is 5.77. The highest BCUT2D eigenvalue weighted by atomic mass is 19.4. The van der Waals surface area contributed by atoms with Gasteiger partial charge in [-0.3, -0.25) is 14.6 Å². The fraction of sp³-hybridized carbons (Fsp3) is 0.613. The number of alkyl halides is 3. The Morgan fingerprint density at radius 1 is 1.24 bits per heavy atom. The van der Waals surface area contributed by atoms with Gasteiger partial charge in [-0.1, -0.05) is 26.3 Å². The van der Waals surface area contributed by atoms with Crippen molar-refractivity contribution in [2.24, 2.45) is 0 Å². The average molecular weight is 595 g/mol. The number of carboxylic acid groups (broad SMARTS) is 1. The summed E-state index contributed by atoms with van der Waals surface area (Å²) in [4.78, 5) is 20.2. The van der Waals surface area contributed by atoms with Crippen LogP contribution < -0.4 is 10.1 Å².